The first-order valence-electron chi connectivity index (χ1n) is 9.32. The number of aromatic hydroxyl groups is 1. The van der Waals surface area contributed by atoms with Crippen molar-refractivity contribution in [2.45, 2.75) is 26.3 Å². The summed E-state index contributed by atoms with van der Waals surface area (Å²) in [5, 5.41) is 16.7. The van der Waals surface area contributed by atoms with Crippen LogP contribution in [0.1, 0.15) is 41.3 Å². The number of carbonyl (C=O) groups is 1. The molecule has 0 aliphatic heterocycles. The Morgan fingerprint density at radius 2 is 1.90 bits per heavy atom. The number of nitrogens with zero attached hydrogens (tertiary/aromatic N) is 1. The van der Waals surface area contributed by atoms with Crippen LogP contribution in [0.15, 0.2) is 38.3 Å². The van der Waals surface area contributed by atoms with Crippen LogP contribution < -0.4 is 21.5 Å². The predicted molar refractivity (Wildman–Crippen MR) is 116 cm³/mol. The number of phenols is 1. The van der Waals surface area contributed by atoms with Crippen molar-refractivity contribution >= 4 is 34.6 Å². The lowest BCUT2D eigenvalue weighted by molar-refractivity contribution is 0.0824. The second-order valence-electron chi connectivity index (χ2n) is 7.09. The van der Waals surface area contributed by atoms with Crippen LogP contribution >= 0.6 is 11.6 Å². The molecular formula is C21H22ClN3O5. The lowest BCUT2D eigenvalue weighted by atomic mass is 10.1. The Hall–Kier alpha value is -3.26. The first kappa shape index (κ1) is 21.4. The van der Waals surface area contributed by atoms with E-state index in [-0.39, 0.29) is 34.4 Å². The topological polar surface area (TPSA) is 112 Å². The normalized spacial score (nSPS) is 12.0. The summed E-state index contributed by atoms with van der Waals surface area (Å²) in [5.41, 5.74) is -1.08. The molecule has 0 saturated heterocycles. The number of benzene rings is 1. The second kappa shape index (κ2) is 8.23. The third kappa shape index (κ3) is 3.78. The van der Waals surface area contributed by atoms with E-state index in [9.17, 15) is 19.5 Å². The zero-order valence-electron chi connectivity index (χ0n) is 17.0. The van der Waals surface area contributed by atoms with Crippen molar-refractivity contribution in [3.05, 3.63) is 66.8 Å². The number of phenolic OH excluding ortho intramolecular Hbond substituents is 1. The SMILES string of the molecule is CCC(Nc1c(Nc2cccc(C(=O)N(C)C)c2O)c(=O)c1=O)c1cc(Cl)c(C)o1. The molecule has 1 unspecified atom stereocenters. The van der Waals surface area contributed by atoms with Gasteiger partial charge in [-0.2, -0.15) is 0 Å². The quantitative estimate of drug-likeness (QED) is 0.387. The summed E-state index contributed by atoms with van der Waals surface area (Å²) < 4.78 is 5.62. The van der Waals surface area contributed by atoms with Crippen LogP contribution in [-0.4, -0.2) is 30.0 Å². The summed E-state index contributed by atoms with van der Waals surface area (Å²) in [7, 11) is 3.13. The number of hydrogen-bond donors (Lipinski definition) is 3. The van der Waals surface area contributed by atoms with E-state index in [1.165, 1.54) is 17.0 Å². The molecule has 3 aromatic rings. The lowest BCUT2D eigenvalue weighted by Gasteiger charge is -2.21. The number of amides is 1. The maximum Gasteiger partial charge on any atom is 0.257 e. The van der Waals surface area contributed by atoms with Crippen LogP contribution in [0.3, 0.4) is 0 Å². The first-order valence-corrected chi connectivity index (χ1v) is 9.69. The lowest BCUT2D eigenvalue weighted by Crippen LogP contribution is -2.37. The first-order chi connectivity index (χ1) is 14.1. The average Bonchev–Trinajstić information content (AvgIpc) is 3.05. The van der Waals surface area contributed by atoms with Gasteiger partial charge in [0.25, 0.3) is 16.8 Å². The summed E-state index contributed by atoms with van der Waals surface area (Å²) in [6.07, 6.45) is 0.569. The minimum Gasteiger partial charge on any atom is -0.505 e. The number of para-hydroxylation sites is 1. The van der Waals surface area contributed by atoms with Crippen LogP contribution in [0.2, 0.25) is 5.02 Å². The number of halogens is 1. The van der Waals surface area contributed by atoms with Gasteiger partial charge in [0, 0.05) is 20.2 Å². The average molecular weight is 432 g/mol. The van der Waals surface area contributed by atoms with E-state index in [4.69, 9.17) is 16.0 Å². The molecule has 0 saturated carbocycles. The highest BCUT2D eigenvalue weighted by Gasteiger charge is 2.26. The van der Waals surface area contributed by atoms with Crippen molar-refractivity contribution in [3.63, 3.8) is 0 Å². The standard InChI is InChI=1S/C21H22ClN3O5/c1-5-13(15-9-12(22)10(2)30-15)23-16-17(20(28)19(16)27)24-14-8-6-7-11(18(14)26)21(29)25(3)4/h6-9,13,23-24,26H,5H2,1-4H3. The number of hydrogen-bond acceptors (Lipinski definition) is 7. The number of aryl methyl sites for hydroxylation is 1. The van der Waals surface area contributed by atoms with E-state index in [1.807, 2.05) is 6.92 Å². The third-order valence-corrected chi connectivity index (χ3v) is 5.16. The van der Waals surface area contributed by atoms with Crippen molar-refractivity contribution in [3.8, 4) is 5.75 Å². The van der Waals surface area contributed by atoms with Crippen LogP contribution in [0.25, 0.3) is 0 Å². The van der Waals surface area contributed by atoms with Crippen molar-refractivity contribution in [2.24, 2.45) is 0 Å². The van der Waals surface area contributed by atoms with Gasteiger partial charge in [-0.05, 0) is 25.5 Å². The molecule has 8 nitrogen and oxygen atoms in total. The minimum atomic E-state index is -0.718. The monoisotopic (exact) mass is 431 g/mol. The van der Waals surface area contributed by atoms with Gasteiger partial charge in [0.05, 0.1) is 22.3 Å². The molecule has 0 aliphatic carbocycles. The molecule has 3 rings (SSSR count). The molecule has 30 heavy (non-hydrogen) atoms. The Kier molecular flexibility index (Phi) is 5.89. The Morgan fingerprint density at radius 1 is 1.23 bits per heavy atom. The van der Waals surface area contributed by atoms with Gasteiger partial charge in [0.1, 0.15) is 22.9 Å². The fourth-order valence-corrected chi connectivity index (χ4v) is 3.19. The molecular weight excluding hydrogens is 410 g/mol. The Labute approximate surface area is 177 Å². The molecule has 9 heteroatoms. The van der Waals surface area contributed by atoms with Gasteiger partial charge < -0.3 is 25.1 Å². The zero-order chi connectivity index (χ0) is 22.2. The van der Waals surface area contributed by atoms with Gasteiger partial charge >= 0.3 is 0 Å². The molecule has 1 atom stereocenters. The van der Waals surface area contributed by atoms with Crippen molar-refractivity contribution in [1.82, 2.24) is 4.90 Å². The Bertz CT molecular complexity index is 1150. The van der Waals surface area contributed by atoms with Gasteiger partial charge in [-0.25, -0.2) is 0 Å². The highest BCUT2D eigenvalue weighted by atomic mass is 35.5. The molecule has 1 heterocycles. The number of carbonyl (C=O) groups excluding carboxylic acids is 1. The molecule has 2 aromatic carbocycles. The van der Waals surface area contributed by atoms with Gasteiger partial charge in [-0.1, -0.05) is 24.6 Å². The summed E-state index contributed by atoms with van der Waals surface area (Å²) in [5.74, 6) is 0.397. The number of rotatable bonds is 7. The highest BCUT2D eigenvalue weighted by Crippen LogP contribution is 2.34. The molecule has 1 aromatic heterocycles. The fraction of sp³-hybridized carbons (Fsp3) is 0.286. The number of nitrogens with one attached hydrogen (secondary N) is 2. The van der Waals surface area contributed by atoms with Crippen LogP contribution in [-0.2, 0) is 0 Å². The molecule has 0 bridgehead atoms. The number of furan rings is 1. The summed E-state index contributed by atoms with van der Waals surface area (Å²) >= 11 is 6.06. The van der Waals surface area contributed by atoms with E-state index in [2.05, 4.69) is 10.6 Å². The van der Waals surface area contributed by atoms with Gasteiger partial charge in [0.15, 0.2) is 5.75 Å². The molecule has 0 aliphatic rings. The molecule has 0 spiro atoms. The molecule has 0 fully saturated rings. The smallest absolute Gasteiger partial charge is 0.257 e. The Balaban J connectivity index is 1.91. The fourth-order valence-electron chi connectivity index (χ4n) is 3.04. The molecule has 3 N–H and O–H groups in total. The van der Waals surface area contributed by atoms with Gasteiger partial charge in [0.2, 0.25) is 0 Å². The number of anilines is 3. The predicted octanol–water partition coefficient (Wildman–Crippen LogP) is 3.55. The summed E-state index contributed by atoms with van der Waals surface area (Å²) in [6.45, 7) is 3.62. The zero-order valence-corrected chi connectivity index (χ0v) is 17.8. The van der Waals surface area contributed by atoms with Crippen molar-refractivity contribution in [1.29, 1.82) is 0 Å². The van der Waals surface area contributed by atoms with E-state index in [0.717, 1.165) is 0 Å². The second-order valence-corrected chi connectivity index (χ2v) is 7.50. The largest absolute Gasteiger partial charge is 0.505 e. The van der Waals surface area contributed by atoms with E-state index < -0.39 is 16.8 Å². The van der Waals surface area contributed by atoms with Gasteiger partial charge in [-0.3, -0.25) is 14.4 Å². The van der Waals surface area contributed by atoms with Crippen molar-refractivity contribution < 1.29 is 14.3 Å². The van der Waals surface area contributed by atoms with E-state index in [1.54, 1.807) is 33.2 Å². The van der Waals surface area contributed by atoms with Gasteiger partial charge in [-0.15, -0.1) is 0 Å². The summed E-state index contributed by atoms with van der Waals surface area (Å²) in [6, 6.07) is 5.84. The highest BCUT2D eigenvalue weighted by molar-refractivity contribution is 6.31. The molecule has 0 radical (unpaired) electrons. The Morgan fingerprint density at radius 3 is 2.47 bits per heavy atom. The van der Waals surface area contributed by atoms with Crippen LogP contribution in [0, 0.1) is 6.92 Å². The van der Waals surface area contributed by atoms with E-state index in [0.29, 0.717) is 23.0 Å². The van der Waals surface area contributed by atoms with E-state index >= 15 is 0 Å². The molecule has 1 amide bonds. The van der Waals surface area contributed by atoms with Crippen LogP contribution in [0.4, 0.5) is 17.1 Å². The summed E-state index contributed by atoms with van der Waals surface area (Å²) in [4.78, 5) is 37.9. The van der Waals surface area contributed by atoms with Crippen molar-refractivity contribution in [2.75, 3.05) is 24.7 Å². The van der Waals surface area contributed by atoms with Crippen LogP contribution in [0.5, 0.6) is 5.75 Å². The maximum absolute atomic E-state index is 12.2. The third-order valence-electron chi connectivity index (χ3n) is 4.79. The molecule has 158 valence electrons. The maximum atomic E-state index is 12.2. The minimum absolute atomic E-state index is 0.0116.